The van der Waals surface area contributed by atoms with Crippen LogP contribution in [0.2, 0.25) is 5.02 Å². The zero-order chi connectivity index (χ0) is 17.9. The van der Waals surface area contributed by atoms with E-state index in [1.165, 1.54) is 5.56 Å². The van der Waals surface area contributed by atoms with Gasteiger partial charge in [0.25, 0.3) is 0 Å². The molecule has 0 unspecified atom stereocenters. The monoisotopic (exact) mass is 369 g/mol. The van der Waals surface area contributed by atoms with Crippen molar-refractivity contribution in [2.45, 2.75) is 19.4 Å². The van der Waals surface area contributed by atoms with Crippen LogP contribution in [-0.4, -0.2) is 46.9 Å². The van der Waals surface area contributed by atoms with Crippen molar-refractivity contribution < 1.29 is 4.79 Å². The molecule has 0 bridgehead atoms. The molecule has 26 heavy (non-hydrogen) atoms. The molecular formula is C21H24ClN3O. The zero-order valence-corrected chi connectivity index (χ0v) is 15.6. The molecule has 2 aliphatic rings. The van der Waals surface area contributed by atoms with Gasteiger partial charge in [0.15, 0.2) is 0 Å². The number of carbonyl (C=O) groups is 1. The predicted octanol–water partition coefficient (Wildman–Crippen LogP) is 3.26. The molecule has 0 aliphatic carbocycles. The average molecular weight is 370 g/mol. The molecule has 0 spiro atoms. The summed E-state index contributed by atoms with van der Waals surface area (Å²) in [6.45, 7) is 4.90. The van der Waals surface area contributed by atoms with Gasteiger partial charge in [0, 0.05) is 56.6 Å². The van der Waals surface area contributed by atoms with Crippen LogP contribution in [0, 0.1) is 11.8 Å². The molecule has 1 aromatic carbocycles. The Balaban J connectivity index is 1.26. The van der Waals surface area contributed by atoms with Crippen LogP contribution in [-0.2, 0) is 17.8 Å². The Morgan fingerprint density at radius 3 is 2.54 bits per heavy atom. The first-order valence-corrected chi connectivity index (χ1v) is 9.68. The Hall–Kier alpha value is -1.91. The number of aryl methyl sites for hydroxylation is 1. The van der Waals surface area contributed by atoms with Gasteiger partial charge in [-0.25, -0.2) is 0 Å². The Morgan fingerprint density at radius 2 is 1.85 bits per heavy atom. The van der Waals surface area contributed by atoms with Gasteiger partial charge in [-0.3, -0.25) is 14.7 Å². The smallest absolute Gasteiger partial charge is 0.222 e. The number of pyridine rings is 1. The van der Waals surface area contributed by atoms with Crippen molar-refractivity contribution >= 4 is 17.5 Å². The molecule has 2 aromatic rings. The fraction of sp³-hybridized carbons (Fsp3) is 0.429. The number of likely N-dealkylation sites (tertiary alicyclic amines) is 2. The van der Waals surface area contributed by atoms with Gasteiger partial charge >= 0.3 is 0 Å². The molecule has 0 radical (unpaired) electrons. The van der Waals surface area contributed by atoms with Crippen LogP contribution in [0.25, 0.3) is 0 Å². The largest absolute Gasteiger partial charge is 0.342 e. The quantitative estimate of drug-likeness (QED) is 0.811. The van der Waals surface area contributed by atoms with Gasteiger partial charge in [0.2, 0.25) is 5.91 Å². The van der Waals surface area contributed by atoms with Gasteiger partial charge in [-0.15, -0.1) is 0 Å². The number of nitrogens with zero attached hydrogens (tertiary/aromatic N) is 3. The Morgan fingerprint density at radius 1 is 1.08 bits per heavy atom. The molecule has 1 aromatic heterocycles. The van der Waals surface area contributed by atoms with Crippen molar-refractivity contribution in [3.8, 4) is 0 Å². The second kappa shape index (κ2) is 7.77. The molecule has 2 aliphatic heterocycles. The number of fused-ring (bicyclic) bond motifs is 1. The maximum absolute atomic E-state index is 12.5. The van der Waals surface area contributed by atoms with Crippen LogP contribution in [0.1, 0.15) is 17.5 Å². The van der Waals surface area contributed by atoms with E-state index < -0.39 is 0 Å². The van der Waals surface area contributed by atoms with Gasteiger partial charge in [0.1, 0.15) is 0 Å². The maximum Gasteiger partial charge on any atom is 0.222 e. The van der Waals surface area contributed by atoms with E-state index >= 15 is 0 Å². The second-order valence-electron chi connectivity index (χ2n) is 7.50. The van der Waals surface area contributed by atoms with Gasteiger partial charge in [-0.2, -0.15) is 0 Å². The van der Waals surface area contributed by atoms with E-state index in [1.807, 2.05) is 36.5 Å². The molecule has 3 heterocycles. The van der Waals surface area contributed by atoms with E-state index in [9.17, 15) is 4.79 Å². The summed E-state index contributed by atoms with van der Waals surface area (Å²) in [5, 5.41) is 0.798. The van der Waals surface area contributed by atoms with Gasteiger partial charge in [-0.05, 0) is 47.6 Å². The van der Waals surface area contributed by atoms with E-state index in [0.717, 1.165) is 49.7 Å². The molecule has 2 fully saturated rings. The third-order valence-corrected chi connectivity index (χ3v) is 5.80. The number of hydrogen-bond donors (Lipinski definition) is 0. The lowest BCUT2D eigenvalue weighted by Crippen LogP contribution is -2.33. The molecule has 0 saturated carbocycles. The maximum atomic E-state index is 12.5. The number of rotatable bonds is 5. The van der Waals surface area contributed by atoms with Crippen molar-refractivity contribution in [3.63, 3.8) is 0 Å². The summed E-state index contributed by atoms with van der Waals surface area (Å²) >= 11 is 6.09. The summed E-state index contributed by atoms with van der Waals surface area (Å²) in [5.74, 6) is 1.50. The molecule has 2 atom stereocenters. The minimum atomic E-state index is 0.282. The minimum Gasteiger partial charge on any atom is -0.342 e. The first-order valence-electron chi connectivity index (χ1n) is 9.31. The Kier molecular flexibility index (Phi) is 5.23. The standard InChI is InChI=1S/C21H24ClN3O/c22-20-5-1-3-17(9-20)11-24-12-18-14-25(15-19(18)13-24)21(26)7-6-16-4-2-8-23-10-16/h1-5,8-10,18-19H,6-7,11-15H2/t18-,19-/m0/s1. The van der Waals surface area contributed by atoms with Crippen molar-refractivity contribution in [2.24, 2.45) is 11.8 Å². The molecule has 0 N–H and O–H groups in total. The molecule has 4 nitrogen and oxygen atoms in total. The SMILES string of the molecule is O=C(CCc1cccnc1)N1C[C@@H]2CN(Cc3cccc(Cl)c3)C[C@H]2C1. The third-order valence-electron chi connectivity index (χ3n) is 5.56. The first-order chi connectivity index (χ1) is 12.7. The van der Waals surface area contributed by atoms with E-state index in [4.69, 9.17) is 11.6 Å². The summed E-state index contributed by atoms with van der Waals surface area (Å²) < 4.78 is 0. The minimum absolute atomic E-state index is 0.282. The fourth-order valence-electron chi connectivity index (χ4n) is 4.27. The number of carbonyl (C=O) groups excluding carboxylic acids is 1. The van der Waals surface area contributed by atoms with Gasteiger partial charge in [-0.1, -0.05) is 29.8 Å². The van der Waals surface area contributed by atoms with E-state index in [-0.39, 0.29) is 5.91 Å². The highest BCUT2D eigenvalue weighted by Crippen LogP contribution is 2.32. The predicted molar refractivity (Wildman–Crippen MR) is 103 cm³/mol. The van der Waals surface area contributed by atoms with Crippen LogP contribution < -0.4 is 0 Å². The number of hydrogen-bond acceptors (Lipinski definition) is 3. The van der Waals surface area contributed by atoms with Crippen LogP contribution in [0.3, 0.4) is 0 Å². The number of benzene rings is 1. The number of aromatic nitrogens is 1. The highest BCUT2D eigenvalue weighted by Gasteiger charge is 2.41. The first kappa shape index (κ1) is 17.5. The fourth-order valence-corrected chi connectivity index (χ4v) is 4.48. The van der Waals surface area contributed by atoms with E-state index in [2.05, 4.69) is 20.9 Å². The summed E-state index contributed by atoms with van der Waals surface area (Å²) in [6, 6.07) is 12.1. The van der Waals surface area contributed by atoms with E-state index in [0.29, 0.717) is 18.3 Å². The molecule has 2 saturated heterocycles. The highest BCUT2D eigenvalue weighted by molar-refractivity contribution is 6.30. The summed E-state index contributed by atoms with van der Waals surface area (Å²) in [7, 11) is 0. The van der Waals surface area contributed by atoms with Crippen molar-refractivity contribution in [1.82, 2.24) is 14.8 Å². The Labute approximate surface area is 159 Å². The third kappa shape index (κ3) is 4.08. The summed E-state index contributed by atoms with van der Waals surface area (Å²) in [5.41, 5.74) is 2.40. The summed E-state index contributed by atoms with van der Waals surface area (Å²) in [4.78, 5) is 21.2. The molecular weight excluding hydrogens is 346 g/mol. The van der Waals surface area contributed by atoms with Crippen molar-refractivity contribution in [2.75, 3.05) is 26.2 Å². The summed E-state index contributed by atoms with van der Waals surface area (Å²) in [6.07, 6.45) is 4.97. The lowest BCUT2D eigenvalue weighted by molar-refractivity contribution is -0.130. The average Bonchev–Trinajstić information content (AvgIpc) is 3.19. The van der Waals surface area contributed by atoms with Crippen LogP contribution >= 0.6 is 11.6 Å². The Bertz CT molecular complexity index is 753. The number of halogens is 1. The molecule has 4 rings (SSSR count). The molecule has 1 amide bonds. The van der Waals surface area contributed by atoms with Gasteiger partial charge < -0.3 is 4.90 Å². The lowest BCUT2D eigenvalue weighted by atomic mass is 10.0. The zero-order valence-electron chi connectivity index (χ0n) is 14.9. The van der Waals surface area contributed by atoms with Gasteiger partial charge in [0.05, 0.1) is 0 Å². The molecule has 5 heteroatoms. The topological polar surface area (TPSA) is 36.4 Å². The van der Waals surface area contributed by atoms with Crippen LogP contribution in [0.4, 0.5) is 0 Å². The second-order valence-corrected chi connectivity index (χ2v) is 7.94. The van der Waals surface area contributed by atoms with Crippen molar-refractivity contribution in [1.29, 1.82) is 0 Å². The number of amides is 1. The van der Waals surface area contributed by atoms with Crippen molar-refractivity contribution in [3.05, 3.63) is 64.9 Å². The van der Waals surface area contributed by atoms with Crippen LogP contribution in [0.15, 0.2) is 48.8 Å². The van der Waals surface area contributed by atoms with E-state index in [1.54, 1.807) is 6.20 Å². The van der Waals surface area contributed by atoms with Crippen LogP contribution in [0.5, 0.6) is 0 Å². The normalized spacial score (nSPS) is 22.6. The molecule has 136 valence electrons. The highest BCUT2D eigenvalue weighted by atomic mass is 35.5. The lowest BCUT2D eigenvalue weighted by Gasteiger charge is -2.22.